The van der Waals surface area contributed by atoms with Crippen molar-refractivity contribution in [2.75, 3.05) is 0 Å². The molecule has 2 rings (SSSR count). The Morgan fingerprint density at radius 2 is 2.00 bits per heavy atom. The molecule has 0 atom stereocenters. The average molecular weight is 300 g/mol. The minimum absolute atomic E-state index is 0.239. The maximum atomic E-state index is 12.6. The first kappa shape index (κ1) is 13.7. The second kappa shape index (κ2) is 5.47. The van der Waals surface area contributed by atoms with Gasteiger partial charge in [0.2, 0.25) is 0 Å². The van der Waals surface area contributed by atoms with Crippen molar-refractivity contribution >= 4 is 23.2 Å². The summed E-state index contributed by atoms with van der Waals surface area (Å²) in [7, 11) is 0. The minimum Gasteiger partial charge on any atom is -0.250 e. The lowest BCUT2D eigenvalue weighted by Crippen LogP contribution is -2.00. The van der Waals surface area contributed by atoms with E-state index in [1.807, 2.05) is 0 Å². The van der Waals surface area contributed by atoms with Gasteiger partial charge in [0.25, 0.3) is 6.43 Å². The average Bonchev–Trinajstić information content (AvgIpc) is 2.37. The quantitative estimate of drug-likeness (QED) is 0.832. The monoisotopic (exact) mass is 299 g/mol. The van der Waals surface area contributed by atoms with E-state index in [-0.39, 0.29) is 5.69 Å². The predicted octanol–water partition coefficient (Wildman–Crippen LogP) is 4.26. The maximum Gasteiger partial charge on any atom is 0.283 e. The van der Waals surface area contributed by atoms with Gasteiger partial charge in [-0.05, 0) is 18.2 Å². The van der Waals surface area contributed by atoms with Gasteiger partial charge < -0.3 is 0 Å². The number of alkyl halides is 2. The molecule has 7 heteroatoms. The molecule has 0 aliphatic rings. The van der Waals surface area contributed by atoms with E-state index in [1.54, 1.807) is 18.2 Å². The Hall–Kier alpha value is -1.77. The molecule has 3 nitrogen and oxygen atoms in total. The zero-order valence-electron chi connectivity index (χ0n) is 9.24. The van der Waals surface area contributed by atoms with Gasteiger partial charge >= 0.3 is 0 Å². The third kappa shape index (κ3) is 2.80. The van der Waals surface area contributed by atoms with Crippen LogP contribution in [0.1, 0.15) is 17.8 Å². The molecule has 1 heterocycles. The molecule has 0 N–H and O–H groups in total. The number of aromatic nitrogens is 2. The number of benzene rings is 1. The standard InChI is InChI=1S/C12H5Cl2F2N3/c13-6-1-2-7(8(14)3-6)10-5-18-11(12(15)16)9(4-17)19-10/h1-3,5,12H. The largest absolute Gasteiger partial charge is 0.283 e. The molecule has 19 heavy (non-hydrogen) atoms. The zero-order chi connectivity index (χ0) is 14.0. The topological polar surface area (TPSA) is 49.6 Å². The van der Waals surface area contributed by atoms with Crippen molar-refractivity contribution in [1.29, 1.82) is 5.26 Å². The van der Waals surface area contributed by atoms with E-state index < -0.39 is 17.8 Å². The number of hydrogen-bond donors (Lipinski definition) is 0. The molecule has 0 saturated carbocycles. The summed E-state index contributed by atoms with van der Waals surface area (Å²) in [5.74, 6) is 0. The van der Waals surface area contributed by atoms with Gasteiger partial charge in [-0.3, -0.25) is 0 Å². The first-order valence-electron chi connectivity index (χ1n) is 5.03. The molecule has 0 amide bonds. The molecular formula is C12H5Cl2F2N3. The van der Waals surface area contributed by atoms with Crippen LogP contribution in [-0.4, -0.2) is 9.97 Å². The molecule has 0 fully saturated rings. The van der Waals surface area contributed by atoms with Crippen LogP contribution in [0.2, 0.25) is 10.0 Å². The summed E-state index contributed by atoms with van der Waals surface area (Å²) in [4.78, 5) is 7.40. The summed E-state index contributed by atoms with van der Waals surface area (Å²) < 4.78 is 25.2. The van der Waals surface area contributed by atoms with E-state index in [2.05, 4.69) is 9.97 Å². The van der Waals surface area contributed by atoms with Gasteiger partial charge in [0, 0.05) is 10.6 Å². The lowest BCUT2D eigenvalue weighted by molar-refractivity contribution is 0.145. The van der Waals surface area contributed by atoms with E-state index >= 15 is 0 Å². The van der Waals surface area contributed by atoms with E-state index in [0.717, 1.165) is 6.20 Å². The Morgan fingerprint density at radius 3 is 2.58 bits per heavy atom. The summed E-state index contributed by atoms with van der Waals surface area (Å²) in [6, 6.07) is 6.25. The molecule has 0 saturated heterocycles. The Morgan fingerprint density at radius 1 is 1.26 bits per heavy atom. The van der Waals surface area contributed by atoms with Crippen molar-refractivity contribution in [2.24, 2.45) is 0 Å². The number of nitrogens with zero attached hydrogens (tertiary/aromatic N) is 3. The molecule has 1 aromatic heterocycles. The van der Waals surface area contributed by atoms with Gasteiger partial charge in [-0.1, -0.05) is 23.2 Å². The predicted molar refractivity (Wildman–Crippen MR) is 67.2 cm³/mol. The Labute approximate surface area is 117 Å². The van der Waals surface area contributed by atoms with Gasteiger partial charge in [-0.2, -0.15) is 5.26 Å². The highest BCUT2D eigenvalue weighted by molar-refractivity contribution is 6.36. The lowest BCUT2D eigenvalue weighted by atomic mass is 10.1. The summed E-state index contributed by atoms with van der Waals surface area (Å²) in [5.41, 5.74) is -0.353. The molecule has 0 spiro atoms. The highest BCUT2D eigenvalue weighted by Gasteiger charge is 2.18. The van der Waals surface area contributed by atoms with Crippen LogP contribution in [0.5, 0.6) is 0 Å². The van der Waals surface area contributed by atoms with Crippen LogP contribution in [-0.2, 0) is 0 Å². The number of nitriles is 1. The van der Waals surface area contributed by atoms with Crippen molar-refractivity contribution in [3.63, 3.8) is 0 Å². The minimum atomic E-state index is -2.85. The van der Waals surface area contributed by atoms with Crippen LogP contribution in [0.15, 0.2) is 24.4 Å². The third-order valence-electron chi connectivity index (χ3n) is 2.32. The van der Waals surface area contributed by atoms with Crippen molar-refractivity contribution in [3.05, 3.63) is 45.8 Å². The van der Waals surface area contributed by atoms with Crippen molar-refractivity contribution in [1.82, 2.24) is 9.97 Å². The van der Waals surface area contributed by atoms with E-state index in [0.29, 0.717) is 15.6 Å². The van der Waals surface area contributed by atoms with Crippen molar-refractivity contribution in [2.45, 2.75) is 6.43 Å². The first-order valence-corrected chi connectivity index (χ1v) is 5.79. The van der Waals surface area contributed by atoms with Crippen LogP contribution < -0.4 is 0 Å². The zero-order valence-corrected chi connectivity index (χ0v) is 10.8. The number of hydrogen-bond acceptors (Lipinski definition) is 3. The second-order valence-electron chi connectivity index (χ2n) is 3.53. The summed E-state index contributed by atoms with van der Waals surface area (Å²) in [6.07, 6.45) is -1.70. The molecule has 0 unspecified atom stereocenters. The van der Waals surface area contributed by atoms with Crippen LogP contribution in [0.3, 0.4) is 0 Å². The molecule has 0 radical (unpaired) electrons. The summed E-state index contributed by atoms with van der Waals surface area (Å²) in [5, 5.41) is 9.55. The SMILES string of the molecule is N#Cc1nc(-c2ccc(Cl)cc2Cl)cnc1C(F)F. The molecular weight excluding hydrogens is 295 g/mol. The molecule has 96 valence electrons. The summed E-state index contributed by atoms with van der Waals surface area (Å²) >= 11 is 11.7. The molecule has 1 aromatic carbocycles. The van der Waals surface area contributed by atoms with E-state index in [4.69, 9.17) is 28.5 Å². The smallest absolute Gasteiger partial charge is 0.250 e. The van der Waals surface area contributed by atoms with Gasteiger partial charge in [-0.25, -0.2) is 18.7 Å². The number of rotatable bonds is 2. The molecule has 2 aromatic rings. The normalized spacial score (nSPS) is 10.5. The fourth-order valence-corrected chi connectivity index (χ4v) is 1.97. The fraction of sp³-hybridized carbons (Fsp3) is 0.0833. The highest BCUT2D eigenvalue weighted by Crippen LogP contribution is 2.30. The first-order chi connectivity index (χ1) is 9.02. The Kier molecular flexibility index (Phi) is 3.93. The van der Waals surface area contributed by atoms with Gasteiger partial charge in [-0.15, -0.1) is 0 Å². The maximum absolute atomic E-state index is 12.6. The molecule has 0 bridgehead atoms. The van der Waals surface area contributed by atoms with Crippen molar-refractivity contribution < 1.29 is 8.78 Å². The van der Waals surface area contributed by atoms with Gasteiger partial charge in [0.15, 0.2) is 5.69 Å². The van der Waals surface area contributed by atoms with Crippen LogP contribution in [0, 0.1) is 11.3 Å². The third-order valence-corrected chi connectivity index (χ3v) is 2.87. The second-order valence-corrected chi connectivity index (χ2v) is 4.37. The Balaban J connectivity index is 2.55. The number of halogens is 4. The lowest BCUT2D eigenvalue weighted by Gasteiger charge is -2.06. The van der Waals surface area contributed by atoms with Crippen molar-refractivity contribution in [3.8, 4) is 17.3 Å². The summed E-state index contributed by atoms with van der Waals surface area (Å²) in [6.45, 7) is 0. The highest BCUT2D eigenvalue weighted by atomic mass is 35.5. The molecule has 0 aliphatic heterocycles. The fourth-order valence-electron chi connectivity index (χ4n) is 1.47. The van der Waals surface area contributed by atoms with E-state index in [9.17, 15) is 8.78 Å². The van der Waals surface area contributed by atoms with Crippen LogP contribution in [0.4, 0.5) is 8.78 Å². The van der Waals surface area contributed by atoms with Gasteiger partial charge in [0.1, 0.15) is 11.8 Å². The van der Waals surface area contributed by atoms with Crippen LogP contribution in [0.25, 0.3) is 11.3 Å². The molecule has 0 aliphatic carbocycles. The van der Waals surface area contributed by atoms with Gasteiger partial charge in [0.05, 0.1) is 16.9 Å². The Bertz CT molecular complexity index is 669. The van der Waals surface area contributed by atoms with E-state index in [1.165, 1.54) is 6.07 Å². The van der Waals surface area contributed by atoms with Crippen LogP contribution >= 0.6 is 23.2 Å².